The van der Waals surface area contributed by atoms with E-state index in [0.29, 0.717) is 39.4 Å². The predicted molar refractivity (Wildman–Crippen MR) is 128 cm³/mol. The summed E-state index contributed by atoms with van der Waals surface area (Å²) in [6.45, 7) is 1.74. The first kappa shape index (κ1) is 25.2. The van der Waals surface area contributed by atoms with E-state index in [0.717, 1.165) is 0 Å². The van der Waals surface area contributed by atoms with E-state index in [9.17, 15) is 14.4 Å². The van der Waals surface area contributed by atoms with Crippen LogP contribution in [0, 0.1) is 0 Å². The van der Waals surface area contributed by atoms with Crippen molar-refractivity contribution < 1.29 is 37.7 Å². The highest BCUT2D eigenvalue weighted by Gasteiger charge is 2.12. The highest BCUT2D eigenvalue weighted by molar-refractivity contribution is 5.90. The van der Waals surface area contributed by atoms with Crippen molar-refractivity contribution >= 4 is 34.8 Å². The van der Waals surface area contributed by atoms with Crippen LogP contribution in [0.25, 0.3) is 17.0 Å². The molecule has 3 rings (SSSR count). The summed E-state index contributed by atoms with van der Waals surface area (Å²) in [4.78, 5) is 36.0. The molecule has 0 fully saturated rings. The first-order valence-electron chi connectivity index (χ1n) is 10.5. The van der Waals surface area contributed by atoms with Crippen molar-refractivity contribution in [3.05, 3.63) is 64.0 Å². The van der Waals surface area contributed by atoms with Crippen LogP contribution in [0.5, 0.6) is 17.2 Å². The molecule has 0 unspecified atom stereocenters. The van der Waals surface area contributed by atoms with Crippen LogP contribution in [0.15, 0.2) is 51.7 Å². The zero-order valence-corrected chi connectivity index (χ0v) is 19.7. The molecule has 35 heavy (non-hydrogen) atoms. The highest BCUT2D eigenvalue weighted by Crippen LogP contribution is 2.35. The monoisotopic (exact) mass is 483 g/mol. The van der Waals surface area contributed by atoms with Crippen molar-refractivity contribution in [2.24, 2.45) is 0 Å². The number of nitrogens with one attached hydrogen (secondary N) is 1. The Kier molecular flexibility index (Phi) is 8.33. The normalized spacial score (nSPS) is 10.7. The third-order valence-corrected chi connectivity index (χ3v) is 4.86. The average Bonchev–Trinajstić information content (AvgIpc) is 2.85. The van der Waals surface area contributed by atoms with Crippen molar-refractivity contribution in [3.8, 4) is 17.2 Å². The second-order valence-electron chi connectivity index (χ2n) is 7.04. The maximum absolute atomic E-state index is 12.4. The molecular formula is C25H25NO9. The molecule has 3 aromatic rings. The van der Waals surface area contributed by atoms with E-state index in [1.165, 1.54) is 45.6 Å². The van der Waals surface area contributed by atoms with Crippen LogP contribution in [0.3, 0.4) is 0 Å². The zero-order valence-electron chi connectivity index (χ0n) is 19.7. The molecule has 10 nitrogen and oxygen atoms in total. The molecule has 0 aliphatic rings. The Bertz CT molecular complexity index is 1310. The maximum atomic E-state index is 12.4. The van der Waals surface area contributed by atoms with Gasteiger partial charge in [-0.05, 0) is 31.2 Å². The lowest BCUT2D eigenvalue weighted by atomic mass is 10.1. The number of ether oxygens (including phenoxy) is 5. The van der Waals surface area contributed by atoms with Crippen LogP contribution >= 0.6 is 0 Å². The number of carbonyl (C=O) groups excluding carboxylic acids is 2. The molecule has 10 heteroatoms. The summed E-state index contributed by atoms with van der Waals surface area (Å²) >= 11 is 0. The zero-order chi connectivity index (χ0) is 25.4. The number of carbonyl (C=O) groups is 2. The number of benzene rings is 2. The van der Waals surface area contributed by atoms with Gasteiger partial charge in [0.15, 0.2) is 11.5 Å². The van der Waals surface area contributed by atoms with Gasteiger partial charge in [-0.2, -0.15) is 0 Å². The average molecular weight is 483 g/mol. The lowest BCUT2D eigenvalue weighted by Crippen LogP contribution is -2.13. The van der Waals surface area contributed by atoms with Gasteiger partial charge < -0.3 is 28.1 Å². The molecule has 1 heterocycles. The number of anilines is 1. The fourth-order valence-corrected chi connectivity index (χ4v) is 3.25. The molecule has 184 valence electrons. The number of methoxy groups -OCH3 is 3. The van der Waals surface area contributed by atoms with Crippen LogP contribution in [-0.4, -0.2) is 40.0 Å². The molecule has 0 aliphatic carbocycles. The molecular weight excluding hydrogens is 458 g/mol. The summed E-state index contributed by atoms with van der Waals surface area (Å²) in [6.07, 6.45) is 2.13. The summed E-state index contributed by atoms with van der Waals surface area (Å²) < 4.78 is 31.3. The second-order valence-corrected chi connectivity index (χ2v) is 7.04. The lowest BCUT2D eigenvalue weighted by molar-refractivity contribution is -0.138. The largest absolute Gasteiger partial charge is 0.496 e. The number of hydrogen-bond acceptors (Lipinski definition) is 9. The van der Waals surface area contributed by atoms with Gasteiger partial charge in [-0.15, -0.1) is 0 Å². The molecule has 0 bridgehead atoms. The fourth-order valence-electron chi connectivity index (χ4n) is 3.25. The Labute approximate surface area is 201 Å². The van der Waals surface area contributed by atoms with E-state index in [1.54, 1.807) is 31.2 Å². The SMILES string of the molecule is CCOC(=O)Nc1ccc2c(COC(=O)/C=C/c3cc(OC)c(OC)cc3OC)cc(=O)oc2c1. The number of fused-ring (bicyclic) bond motifs is 1. The minimum absolute atomic E-state index is 0.168. The van der Waals surface area contributed by atoms with Gasteiger partial charge >= 0.3 is 17.7 Å². The minimum Gasteiger partial charge on any atom is -0.496 e. The third kappa shape index (κ3) is 6.32. The Morgan fingerprint density at radius 1 is 0.943 bits per heavy atom. The van der Waals surface area contributed by atoms with Crippen molar-refractivity contribution in [3.63, 3.8) is 0 Å². The van der Waals surface area contributed by atoms with Crippen LogP contribution < -0.4 is 25.2 Å². The standard InChI is InChI=1S/C25H25NO9/c1-5-33-25(29)26-17-7-8-18-16(11-24(28)35-20(18)12-17)14-34-23(27)9-6-15-10-21(31-3)22(32-4)13-19(15)30-2/h6-13H,5,14H2,1-4H3,(H,26,29)/b9-6+. The minimum atomic E-state index is -0.635. The summed E-state index contributed by atoms with van der Waals surface area (Å²) in [5, 5.41) is 3.09. The number of hydrogen-bond donors (Lipinski definition) is 1. The molecule has 0 saturated heterocycles. The van der Waals surface area contributed by atoms with E-state index in [4.69, 9.17) is 28.1 Å². The van der Waals surface area contributed by atoms with Gasteiger partial charge in [-0.3, -0.25) is 5.32 Å². The Hall–Kier alpha value is -4.47. The molecule has 0 aliphatic heterocycles. The summed E-state index contributed by atoms with van der Waals surface area (Å²) in [7, 11) is 4.51. The first-order chi connectivity index (χ1) is 16.9. The lowest BCUT2D eigenvalue weighted by Gasteiger charge is -2.12. The molecule has 0 radical (unpaired) electrons. The maximum Gasteiger partial charge on any atom is 0.411 e. The van der Waals surface area contributed by atoms with Gasteiger partial charge in [-0.25, -0.2) is 14.4 Å². The van der Waals surface area contributed by atoms with Crippen LogP contribution in [0.1, 0.15) is 18.1 Å². The molecule has 0 atom stereocenters. The Balaban J connectivity index is 1.76. The van der Waals surface area contributed by atoms with Gasteiger partial charge in [0.1, 0.15) is 17.9 Å². The molecule has 0 saturated carbocycles. The van der Waals surface area contributed by atoms with Gasteiger partial charge in [0.05, 0.1) is 27.9 Å². The third-order valence-electron chi connectivity index (χ3n) is 4.86. The Morgan fingerprint density at radius 3 is 2.34 bits per heavy atom. The van der Waals surface area contributed by atoms with Crippen molar-refractivity contribution in [1.82, 2.24) is 0 Å². The van der Waals surface area contributed by atoms with Gasteiger partial charge in [0.2, 0.25) is 0 Å². The van der Waals surface area contributed by atoms with Crippen molar-refractivity contribution in [2.45, 2.75) is 13.5 Å². The topological polar surface area (TPSA) is 123 Å². The predicted octanol–water partition coefficient (Wildman–Crippen LogP) is 4.14. The highest BCUT2D eigenvalue weighted by atomic mass is 16.5. The summed E-state index contributed by atoms with van der Waals surface area (Å²) in [5.74, 6) is 0.800. The quantitative estimate of drug-likeness (QED) is 0.272. The molecule has 1 N–H and O–H groups in total. The van der Waals surface area contributed by atoms with Crippen LogP contribution in [0.4, 0.5) is 10.5 Å². The summed E-state index contributed by atoms with van der Waals surface area (Å²) in [5.41, 5.74) is 1.02. The van der Waals surface area contributed by atoms with Crippen LogP contribution in [0.2, 0.25) is 0 Å². The van der Waals surface area contributed by atoms with E-state index in [2.05, 4.69) is 5.32 Å². The van der Waals surface area contributed by atoms with Gasteiger partial charge in [0.25, 0.3) is 0 Å². The molecule has 1 aromatic heterocycles. The number of esters is 1. The second kappa shape index (κ2) is 11.6. The summed E-state index contributed by atoms with van der Waals surface area (Å²) in [6, 6.07) is 9.31. The van der Waals surface area contributed by atoms with E-state index < -0.39 is 17.7 Å². The van der Waals surface area contributed by atoms with E-state index >= 15 is 0 Å². The van der Waals surface area contributed by atoms with Crippen LogP contribution in [-0.2, 0) is 20.9 Å². The first-order valence-corrected chi connectivity index (χ1v) is 10.5. The van der Waals surface area contributed by atoms with Crippen molar-refractivity contribution in [1.29, 1.82) is 0 Å². The molecule has 2 aromatic carbocycles. The van der Waals surface area contributed by atoms with Gasteiger partial charge in [0, 0.05) is 46.5 Å². The molecule has 0 spiro atoms. The number of rotatable bonds is 9. The number of amides is 1. The Morgan fingerprint density at radius 2 is 1.66 bits per heavy atom. The van der Waals surface area contributed by atoms with E-state index in [1.807, 2.05) is 0 Å². The van der Waals surface area contributed by atoms with Gasteiger partial charge in [-0.1, -0.05) is 0 Å². The molecule has 1 amide bonds. The smallest absolute Gasteiger partial charge is 0.411 e. The van der Waals surface area contributed by atoms with E-state index in [-0.39, 0.29) is 18.8 Å². The fraction of sp³-hybridized carbons (Fsp3) is 0.240. The van der Waals surface area contributed by atoms with Crippen molar-refractivity contribution in [2.75, 3.05) is 33.3 Å².